The first-order valence-electron chi connectivity index (χ1n) is 5.42. The van der Waals surface area contributed by atoms with Gasteiger partial charge in [-0.15, -0.1) is 0 Å². The zero-order valence-electron chi connectivity index (χ0n) is 10.2. The van der Waals surface area contributed by atoms with Crippen LogP contribution in [0.1, 0.15) is 6.92 Å². The second-order valence-electron chi connectivity index (χ2n) is 4.10. The number of ether oxygens (including phenoxy) is 1. The maximum absolute atomic E-state index is 12.8. The molecule has 1 amide bonds. The number of hydrogen-bond donors (Lipinski definition) is 3. The molecule has 0 fully saturated rings. The van der Waals surface area contributed by atoms with Gasteiger partial charge in [-0.1, -0.05) is 6.07 Å². The molecular formula is C12H14FNO5. The summed E-state index contributed by atoms with van der Waals surface area (Å²) in [6.07, 6.45) is 0. The molecule has 1 rings (SSSR count). The van der Waals surface area contributed by atoms with Crippen molar-refractivity contribution in [1.82, 2.24) is 5.32 Å². The van der Waals surface area contributed by atoms with E-state index in [1.807, 2.05) is 0 Å². The Bertz CT molecular complexity index is 475. The van der Waals surface area contributed by atoms with E-state index < -0.39 is 36.4 Å². The van der Waals surface area contributed by atoms with Crippen LogP contribution in [-0.2, 0) is 9.59 Å². The van der Waals surface area contributed by atoms with Crippen LogP contribution in [0.15, 0.2) is 24.3 Å². The number of carboxylic acids is 1. The molecule has 7 heteroatoms. The van der Waals surface area contributed by atoms with E-state index in [9.17, 15) is 19.1 Å². The van der Waals surface area contributed by atoms with Crippen LogP contribution in [-0.4, -0.2) is 40.8 Å². The van der Waals surface area contributed by atoms with Gasteiger partial charge in [0.25, 0.3) is 5.91 Å². The van der Waals surface area contributed by atoms with E-state index in [1.165, 1.54) is 18.2 Å². The third kappa shape index (κ3) is 4.92. The van der Waals surface area contributed by atoms with Crippen LogP contribution in [0.5, 0.6) is 5.75 Å². The Morgan fingerprint density at radius 3 is 2.74 bits per heavy atom. The van der Waals surface area contributed by atoms with Crippen molar-refractivity contribution < 1.29 is 28.9 Å². The van der Waals surface area contributed by atoms with E-state index in [1.54, 1.807) is 0 Å². The van der Waals surface area contributed by atoms with Crippen LogP contribution < -0.4 is 10.1 Å². The summed E-state index contributed by atoms with van der Waals surface area (Å²) < 4.78 is 17.8. The van der Waals surface area contributed by atoms with E-state index in [0.29, 0.717) is 0 Å². The lowest BCUT2D eigenvalue weighted by Crippen LogP contribution is -2.47. The molecule has 0 aliphatic heterocycles. The number of carboxylic acid groups (broad SMARTS) is 1. The summed E-state index contributed by atoms with van der Waals surface area (Å²) in [5.41, 5.74) is -2.05. The standard InChI is InChI=1S/C12H14FNO5/c1-12(18,11(16)17)7-14-10(15)6-19-9-4-2-3-8(13)5-9/h2-5,18H,6-7H2,1H3,(H,14,15)(H,16,17). The molecule has 19 heavy (non-hydrogen) atoms. The highest BCUT2D eigenvalue weighted by molar-refractivity contribution is 5.80. The summed E-state index contributed by atoms with van der Waals surface area (Å²) in [7, 11) is 0. The van der Waals surface area contributed by atoms with Gasteiger partial charge in [-0.25, -0.2) is 9.18 Å². The van der Waals surface area contributed by atoms with Gasteiger partial charge >= 0.3 is 5.97 Å². The predicted molar refractivity (Wildman–Crippen MR) is 63.2 cm³/mol. The largest absolute Gasteiger partial charge is 0.484 e. The Kier molecular flexibility index (Phi) is 4.82. The minimum atomic E-state index is -2.05. The van der Waals surface area contributed by atoms with E-state index in [2.05, 4.69) is 5.32 Å². The second kappa shape index (κ2) is 6.14. The van der Waals surface area contributed by atoms with Gasteiger partial charge in [-0.3, -0.25) is 4.79 Å². The second-order valence-corrected chi connectivity index (χ2v) is 4.10. The van der Waals surface area contributed by atoms with Gasteiger partial charge in [0, 0.05) is 6.07 Å². The molecule has 6 nitrogen and oxygen atoms in total. The Morgan fingerprint density at radius 2 is 2.16 bits per heavy atom. The van der Waals surface area contributed by atoms with Crippen LogP contribution in [0, 0.1) is 5.82 Å². The van der Waals surface area contributed by atoms with Crippen molar-refractivity contribution in [2.45, 2.75) is 12.5 Å². The van der Waals surface area contributed by atoms with Crippen LogP contribution in [0.4, 0.5) is 4.39 Å². The lowest BCUT2D eigenvalue weighted by Gasteiger charge is -2.18. The fourth-order valence-corrected chi connectivity index (χ4v) is 1.10. The molecule has 1 aromatic carbocycles. The molecule has 0 saturated heterocycles. The van der Waals surface area contributed by atoms with E-state index in [4.69, 9.17) is 9.84 Å². The van der Waals surface area contributed by atoms with Crippen LogP contribution in [0.2, 0.25) is 0 Å². The molecule has 1 unspecified atom stereocenters. The lowest BCUT2D eigenvalue weighted by atomic mass is 10.1. The molecule has 0 spiro atoms. The number of hydrogen-bond acceptors (Lipinski definition) is 4. The van der Waals surface area contributed by atoms with Gasteiger partial charge in [0.15, 0.2) is 12.2 Å². The van der Waals surface area contributed by atoms with Crippen LogP contribution >= 0.6 is 0 Å². The predicted octanol–water partition coefficient (Wildman–Crippen LogP) is 0.156. The van der Waals surface area contributed by atoms with E-state index in [-0.39, 0.29) is 5.75 Å². The fourth-order valence-electron chi connectivity index (χ4n) is 1.10. The average molecular weight is 271 g/mol. The van der Waals surface area contributed by atoms with Gasteiger partial charge < -0.3 is 20.3 Å². The molecule has 0 bridgehead atoms. The van der Waals surface area contributed by atoms with E-state index >= 15 is 0 Å². The minimum Gasteiger partial charge on any atom is -0.484 e. The van der Waals surface area contributed by atoms with Crippen molar-refractivity contribution in [2.75, 3.05) is 13.2 Å². The van der Waals surface area contributed by atoms with Crippen LogP contribution in [0.25, 0.3) is 0 Å². The Balaban J connectivity index is 2.39. The van der Waals surface area contributed by atoms with Crippen LogP contribution in [0.3, 0.4) is 0 Å². The first-order chi connectivity index (χ1) is 8.81. The summed E-state index contributed by atoms with van der Waals surface area (Å²) in [4.78, 5) is 21.9. The van der Waals surface area contributed by atoms with E-state index in [0.717, 1.165) is 13.0 Å². The highest BCUT2D eigenvalue weighted by atomic mass is 19.1. The molecule has 1 atom stereocenters. The fraction of sp³-hybridized carbons (Fsp3) is 0.333. The molecule has 0 aliphatic carbocycles. The SMILES string of the molecule is CC(O)(CNC(=O)COc1cccc(F)c1)C(=O)O. The normalized spacial score (nSPS) is 13.4. The molecule has 3 N–H and O–H groups in total. The molecular weight excluding hydrogens is 257 g/mol. The van der Waals surface area contributed by atoms with Gasteiger partial charge in [0.05, 0.1) is 6.54 Å². The maximum atomic E-state index is 12.8. The van der Waals surface area contributed by atoms with Gasteiger partial charge in [-0.05, 0) is 19.1 Å². The third-order valence-electron chi connectivity index (χ3n) is 2.26. The Labute approximate surface area is 108 Å². The highest BCUT2D eigenvalue weighted by Gasteiger charge is 2.30. The summed E-state index contributed by atoms with van der Waals surface area (Å²) >= 11 is 0. The number of carbonyl (C=O) groups excluding carboxylic acids is 1. The molecule has 0 radical (unpaired) electrons. The van der Waals surface area contributed by atoms with Gasteiger partial charge in [-0.2, -0.15) is 0 Å². The summed E-state index contributed by atoms with van der Waals surface area (Å²) in [5.74, 6) is -2.38. The smallest absolute Gasteiger partial charge is 0.337 e. The number of amides is 1. The zero-order chi connectivity index (χ0) is 14.5. The average Bonchev–Trinajstić information content (AvgIpc) is 2.34. The van der Waals surface area contributed by atoms with Crippen molar-refractivity contribution in [1.29, 1.82) is 0 Å². The first-order valence-corrected chi connectivity index (χ1v) is 5.42. The maximum Gasteiger partial charge on any atom is 0.337 e. The van der Waals surface area contributed by atoms with Crippen molar-refractivity contribution in [2.24, 2.45) is 0 Å². The number of aliphatic hydroxyl groups is 1. The molecule has 0 saturated carbocycles. The number of halogens is 1. The monoisotopic (exact) mass is 271 g/mol. The van der Waals surface area contributed by atoms with Gasteiger partial charge in [0.1, 0.15) is 11.6 Å². The third-order valence-corrected chi connectivity index (χ3v) is 2.26. The number of benzene rings is 1. The Morgan fingerprint density at radius 1 is 1.47 bits per heavy atom. The number of aliphatic carboxylic acids is 1. The molecule has 104 valence electrons. The van der Waals surface area contributed by atoms with Crippen molar-refractivity contribution in [3.63, 3.8) is 0 Å². The van der Waals surface area contributed by atoms with Crippen molar-refractivity contribution in [3.05, 3.63) is 30.1 Å². The first kappa shape index (κ1) is 14.9. The van der Waals surface area contributed by atoms with Crippen molar-refractivity contribution in [3.8, 4) is 5.75 Å². The molecule has 0 aromatic heterocycles. The quantitative estimate of drug-likeness (QED) is 0.684. The Hall–Kier alpha value is -2.15. The molecule has 0 heterocycles. The minimum absolute atomic E-state index is 0.181. The summed E-state index contributed by atoms with van der Waals surface area (Å²) in [6.45, 7) is 0.204. The molecule has 1 aromatic rings. The van der Waals surface area contributed by atoms with Crippen molar-refractivity contribution >= 4 is 11.9 Å². The highest BCUT2D eigenvalue weighted by Crippen LogP contribution is 2.11. The molecule has 0 aliphatic rings. The van der Waals surface area contributed by atoms with Gasteiger partial charge in [0.2, 0.25) is 0 Å². The number of rotatable bonds is 6. The summed E-state index contributed by atoms with van der Waals surface area (Å²) in [5, 5.41) is 20.2. The number of nitrogens with one attached hydrogen (secondary N) is 1. The topological polar surface area (TPSA) is 95.9 Å². The zero-order valence-corrected chi connectivity index (χ0v) is 10.2. The summed E-state index contributed by atoms with van der Waals surface area (Å²) in [6, 6.07) is 5.25. The number of carbonyl (C=O) groups is 2. The lowest BCUT2D eigenvalue weighted by molar-refractivity contribution is -0.156.